The lowest BCUT2D eigenvalue weighted by Crippen LogP contribution is -2.48. The minimum Gasteiger partial charge on any atom is -0.378 e. The van der Waals surface area contributed by atoms with Crippen LogP contribution in [0, 0.1) is 22.6 Å². The van der Waals surface area contributed by atoms with E-state index in [9.17, 15) is 4.39 Å². The van der Waals surface area contributed by atoms with Gasteiger partial charge in [-0.2, -0.15) is 5.26 Å². The van der Waals surface area contributed by atoms with Crippen LogP contribution in [-0.2, 0) is 11.2 Å². The molecule has 1 saturated heterocycles. The summed E-state index contributed by atoms with van der Waals surface area (Å²) in [6, 6.07) is 8.86. The number of hydrogen-bond acceptors (Lipinski definition) is 3. The molecule has 90 valence electrons. The molecule has 0 unspecified atom stereocenters. The number of ether oxygens (including phenoxy) is 1. The van der Waals surface area contributed by atoms with E-state index in [0.717, 1.165) is 18.5 Å². The van der Waals surface area contributed by atoms with Gasteiger partial charge in [-0.05, 0) is 30.7 Å². The average molecular weight is 234 g/mol. The summed E-state index contributed by atoms with van der Waals surface area (Å²) < 4.78 is 18.0. The van der Waals surface area contributed by atoms with Crippen molar-refractivity contribution in [3.05, 3.63) is 35.6 Å². The third-order valence-corrected chi connectivity index (χ3v) is 2.94. The minimum absolute atomic E-state index is 0.205. The van der Waals surface area contributed by atoms with E-state index >= 15 is 0 Å². The maximum Gasteiger partial charge on any atom is 0.123 e. The first kappa shape index (κ1) is 12.0. The molecular formula is C13H15FN2O. The molecule has 1 aromatic carbocycles. The quantitative estimate of drug-likeness (QED) is 0.785. The number of nitrogens with one attached hydrogen (secondary N) is 1. The highest BCUT2D eigenvalue weighted by Gasteiger charge is 2.38. The van der Waals surface area contributed by atoms with E-state index < -0.39 is 0 Å². The van der Waals surface area contributed by atoms with Crippen molar-refractivity contribution in [3.63, 3.8) is 0 Å². The van der Waals surface area contributed by atoms with Crippen LogP contribution >= 0.6 is 0 Å². The van der Waals surface area contributed by atoms with E-state index in [1.165, 1.54) is 12.1 Å². The molecule has 0 aliphatic carbocycles. The van der Waals surface area contributed by atoms with Gasteiger partial charge in [-0.1, -0.05) is 12.1 Å². The minimum atomic E-state index is -0.345. The smallest absolute Gasteiger partial charge is 0.123 e. The second kappa shape index (κ2) is 5.26. The van der Waals surface area contributed by atoms with Crippen LogP contribution in [-0.4, -0.2) is 26.3 Å². The Balaban J connectivity index is 1.72. The van der Waals surface area contributed by atoms with Gasteiger partial charge in [0.25, 0.3) is 0 Å². The Morgan fingerprint density at radius 3 is 2.88 bits per heavy atom. The summed E-state index contributed by atoms with van der Waals surface area (Å²) in [5.41, 5.74) is 0.621. The van der Waals surface area contributed by atoms with Gasteiger partial charge in [-0.15, -0.1) is 0 Å². The van der Waals surface area contributed by atoms with Crippen molar-refractivity contribution < 1.29 is 9.13 Å². The molecule has 0 bridgehead atoms. The first-order valence-corrected chi connectivity index (χ1v) is 5.68. The van der Waals surface area contributed by atoms with Crippen LogP contribution in [0.4, 0.5) is 4.39 Å². The molecular weight excluding hydrogens is 219 g/mol. The second-order valence-corrected chi connectivity index (χ2v) is 4.44. The number of nitriles is 1. The monoisotopic (exact) mass is 234 g/mol. The maximum absolute atomic E-state index is 12.9. The van der Waals surface area contributed by atoms with Gasteiger partial charge in [-0.25, -0.2) is 4.39 Å². The molecule has 1 fully saturated rings. The number of benzene rings is 1. The van der Waals surface area contributed by atoms with Crippen LogP contribution in [0.15, 0.2) is 24.3 Å². The van der Waals surface area contributed by atoms with Crippen LogP contribution in [0.25, 0.3) is 0 Å². The summed E-state index contributed by atoms with van der Waals surface area (Å²) in [4.78, 5) is 0. The van der Waals surface area contributed by atoms with Crippen molar-refractivity contribution in [1.82, 2.24) is 5.32 Å². The molecule has 3 nitrogen and oxygen atoms in total. The van der Waals surface area contributed by atoms with Crippen LogP contribution in [0.3, 0.4) is 0 Å². The van der Waals surface area contributed by atoms with Crippen molar-refractivity contribution in [2.24, 2.45) is 5.41 Å². The van der Waals surface area contributed by atoms with Crippen molar-refractivity contribution >= 4 is 0 Å². The normalized spacial score (nSPS) is 17.2. The fraction of sp³-hybridized carbons (Fsp3) is 0.462. The van der Waals surface area contributed by atoms with E-state index in [-0.39, 0.29) is 11.2 Å². The van der Waals surface area contributed by atoms with Gasteiger partial charge in [0.05, 0.1) is 19.3 Å². The molecule has 0 aromatic heterocycles. The van der Waals surface area contributed by atoms with Crippen molar-refractivity contribution in [2.75, 3.05) is 26.3 Å². The Morgan fingerprint density at radius 2 is 2.29 bits per heavy atom. The van der Waals surface area contributed by atoms with E-state index in [2.05, 4.69) is 11.4 Å². The van der Waals surface area contributed by atoms with E-state index in [1.807, 2.05) is 6.07 Å². The summed E-state index contributed by atoms with van der Waals surface area (Å²) in [5.74, 6) is -0.205. The highest BCUT2D eigenvalue weighted by molar-refractivity contribution is 5.16. The summed E-state index contributed by atoms with van der Waals surface area (Å²) in [7, 11) is 0. The Bertz CT molecular complexity index is 424. The third-order valence-electron chi connectivity index (χ3n) is 2.94. The van der Waals surface area contributed by atoms with Crippen molar-refractivity contribution in [3.8, 4) is 6.07 Å². The summed E-state index contributed by atoms with van der Waals surface area (Å²) in [5, 5.41) is 12.2. The van der Waals surface area contributed by atoms with E-state index in [0.29, 0.717) is 19.8 Å². The molecule has 1 aromatic rings. The molecule has 4 heteroatoms. The molecule has 0 amide bonds. The SMILES string of the molecule is N#CC1(CNCCc2cccc(F)c2)COC1. The molecule has 2 rings (SSSR count). The van der Waals surface area contributed by atoms with Gasteiger partial charge >= 0.3 is 0 Å². The van der Waals surface area contributed by atoms with E-state index in [4.69, 9.17) is 10.00 Å². The second-order valence-electron chi connectivity index (χ2n) is 4.44. The standard InChI is InChI=1S/C13H15FN2O/c14-12-3-1-2-11(6-12)4-5-16-8-13(7-15)9-17-10-13/h1-3,6,16H,4-5,8-10H2. The Morgan fingerprint density at radius 1 is 1.47 bits per heavy atom. The number of nitrogens with zero attached hydrogens (tertiary/aromatic N) is 1. The number of halogens is 1. The fourth-order valence-electron chi connectivity index (χ4n) is 1.81. The number of hydrogen-bond donors (Lipinski definition) is 1. The zero-order valence-corrected chi connectivity index (χ0v) is 9.58. The highest BCUT2D eigenvalue weighted by atomic mass is 19.1. The lowest BCUT2D eigenvalue weighted by atomic mass is 9.88. The largest absolute Gasteiger partial charge is 0.378 e. The fourth-order valence-corrected chi connectivity index (χ4v) is 1.81. The Labute approximate surface area is 100 Å². The van der Waals surface area contributed by atoms with Crippen molar-refractivity contribution in [1.29, 1.82) is 5.26 Å². The molecule has 1 aliphatic heterocycles. The predicted molar refractivity (Wildman–Crippen MR) is 61.8 cm³/mol. The molecule has 0 radical (unpaired) electrons. The van der Waals surface area contributed by atoms with Crippen LogP contribution in [0.1, 0.15) is 5.56 Å². The zero-order chi connectivity index (χ0) is 12.1. The maximum atomic E-state index is 12.9. The predicted octanol–water partition coefficient (Wildman–Crippen LogP) is 1.50. The van der Waals surface area contributed by atoms with Crippen LogP contribution < -0.4 is 5.32 Å². The summed E-state index contributed by atoms with van der Waals surface area (Å²) in [6.45, 7) is 2.40. The van der Waals surface area contributed by atoms with Gasteiger partial charge in [-0.3, -0.25) is 0 Å². The molecule has 0 saturated carbocycles. The third kappa shape index (κ3) is 3.02. The molecule has 17 heavy (non-hydrogen) atoms. The van der Waals surface area contributed by atoms with E-state index in [1.54, 1.807) is 6.07 Å². The van der Waals surface area contributed by atoms with Crippen LogP contribution in [0.2, 0.25) is 0 Å². The summed E-state index contributed by atoms with van der Waals surface area (Å²) in [6.07, 6.45) is 0.764. The number of rotatable bonds is 5. The lowest BCUT2D eigenvalue weighted by molar-refractivity contribution is -0.0752. The Kier molecular flexibility index (Phi) is 3.72. The molecule has 1 N–H and O–H groups in total. The summed E-state index contributed by atoms with van der Waals surface area (Å²) >= 11 is 0. The van der Waals surface area contributed by atoms with Gasteiger partial charge in [0.1, 0.15) is 11.2 Å². The zero-order valence-electron chi connectivity index (χ0n) is 9.58. The van der Waals surface area contributed by atoms with Gasteiger partial charge in [0, 0.05) is 6.54 Å². The van der Waals surface area contributed by atoms with Gasteiger partial charge < -0.3 is 10.1 Å². The first-order chi connectivity index (χ1) is 8.24. The van der Waals surface area contributed by atoms with Gasteiger partial charge in [0.2, 0.25) is 0 Å². The lowest BCUT2D eigenvalue weighted by Gasteiger charge is -2.35. The van der Waals surface area contributed by atoms with Gasteiger partial charge in [0.15, 0.2) is 0 Å². The average Bonchev–Trinajstić information content (AvgIpc) is 2.27. The van der Waals surface area contributed by atoms with Crippen LogP contribution in [0.5, 0.6) is 0 Å². The van der Waals surface area contributed by atoms with Crippen molar-refractivity contribution in [2.45, 2.75) is 6.42 Å². The molecule has 1 heterocycles. The first-order valence-electron chi connectivity index (χ1n) is 5.68. The topological polar surface area (TPSA) is 45.0 Å². The molecule has 0 spiro atoms. The highest BCUT2D eigenvalue weighted by Crippen LogP contribution is 2.24. The molecule has 0 atom stereocenters. The Hall–Kier alpha value is -1.44. The molecule has 1 aliphatic rings.